The molecule has 0 amide bonds. The Bertz CT molecular complexity index is 882. The molecule has 0 saturated carbocycles. The first-order valence-electron chi connectivity index (χ1n) is 7.01. The van der Waals surface area contributed by atoms with Gasteiger partial charge in [0.2, 0.25) is 11.2 Å². The summed E-state index contributed by atoms with van der Waals surface area (Å²) >= 11 is 5.97. The molecular weight excluding hydrogens is 330 g/mol. The van der Waals surface area contributed by atoms with E-state index in [1.165, 1.54) is 12.1 Å². The predicted octanol–water partition coefficient (Wildman–Crippen LogP) is 4.15. The quantitative estimate of drug-likeness (QED) is 0.565. The van der Waals surface area contributed by atoms with Gasteiger partial charge in [0.1, 0.15) is 0 Å². The van der Waals surface area contributed by atoms with Crippen molar-refractivity contribution in [3.63, 3.8) is 0 Å². The highest BCUT2D eigenvalue weighted by Gasteiger charge is 2.09. The fraction of sp³-hybridized carbons (Fsp3) is 0.0625. The van der Waals surface area contributed by atoms with Crippen molar-refractivity contribution >= 4 is 28.9 Å². The number of rotatable bonds is 4. The summed E-state index contributed by atoms with van der Waals surface area (Å²) in [5, 5.41) is 13.7. The third-order valence-electron chi connectivity index (χ3n) is 3.25. The van der Waals surface area contributed by atoms with Crippen molar-refractivity contribution in [2.24, 2.45) is 0 Å². The number of halogens is 1. The first kappa shape index (κ1) is 15.8. The van der Waals surface area contributed by atoms with Gasteiger partial charge in [-0.15, -0.1) is 0 Å². The molecule has 0 atom stereocenters. The van der Waals surface area contributed by atoms with Crippen LogP contribution in [0, 0.1) is 17.0 Å². The molecule has 0 aliphatic rings. The number of benzene rings is 2. The summed E-state index contributed by atoms with van der Waals surface area (Å²) in [6.07, 6.45) is 0. The number of hydrogen-bond acceptors (Lipinski definition) is 6. The van der Waals surface area contributed by atoms with Crippen molar-refractivity contribution < 1.29 is 4.92 Å². The minimum atomic E-state index is -0.459. The molecule has 3 aromatic rings. The fourth-order valence-electron chi connectivity index (χ4n) is 2.03. The second-order valence-electron chi connectivity index (χ2n) is 5.05. The predicted molar refractivity (Wildman–Crippen MR) is 91.4 cm³/mol. The molecule has 2 aromatic carbocycles. The Hall–Kier alpha value is -3.06. The maximum atomic E-state index is 10.7. The average molecular weight is 342 g/mol. The number of non-ortho nitro benzene ring substituents is 1. The molecule has 0 radical (unpaired) electrons. The lowest BCUT2D eigenvalue weighted by molar-refractivity contribution is -0.384. The van der Waals surface area contributed by atoms with Crippen molar-refractivity contribution in [2.75, 3.05) is 5.32 Å². The van der Waals surface area contributed by atoms with Gasteiger partial charge in [-0.3, -0.25) is 10.1 Å². The first-order valence-corrected chi connectivity index (χ1v) is 7.39. The minimum absolute atomic E-state index is 0.00886. The Morgan fingerprint density at radius 2 is 1.67 bits per heavy atom. The van der Waals surface area contributed by atoms with E-state index in [0.29, 0.717) is 11.5 Å². The second-order valence-corrected chi connectivity index (χ2v) is 5.38. The minimum Gasteiger partial charge on any atom is -0.324 e. The van der Waals surface area contributed by atoms with Crippen molar-refractivity contribution in [3.05, 3.63) is 69.5 Å². The number of aryl methyl sites for hydroxylation is 1. The van der Waals surface area contributed by atoms with Crippen LogP contribution in [-0.2, 0) is 0 Å². The summed E-state index contributed by atoms with van der Waals surface area (Å²) in [7, 11) is 0. The highest BCUT2D eigenvalue weighted by molar-refractivity contribution is 6.28. The van der Waals surface area contributed by atoms with Crippen LogP contribution in [0.5, 0.6) is 0 Å². The first-order chi connectivity index (χ1) is 11.5. The molecular formula is C16H12ClN5O2. The summed E-state index contributed by atoms with van der Waals surface area (Å²) in [4.78, 5) is 22.7. The van der Waals surface area contributed by atoms with E-state index in [2.05, 4.69) is 20.3 Å². The van der Waals surface area contributed by atoms with E-state index >= 15 is 0 Å². The van der Waals surface area contributed by atoms with Gasteiger partial charge in [0.15, 0.2) is 5.82 Å². The van der Waals surface area contributed by atoms with Crippen LogP contribution in [0.1, 0.15) is 5.56 Å². The molecule has 0 saturated heterocycles. The maximum absolute atomic E-state index is 10.7. The molecule has 1 heterocycles. The van der Waals surface area contributed by atoms with Crippen LogP contribution in [0.25, 0.3) is 11.4 Å². The number of nitrogens with zero attached hydrogens (tertiary/aromatic N) is 4. The average Bonchev–Trinajstić information content (AvgIpc) is 2.55. The summed E-state index contributed by atoms with van der Waals surface area (Å²) in [6, 6.07) is 13.6. The summed E-state index contributed by atoms with van der Waals surface area (Å²) in [5.74, 6) is 0.707. The van der Waals surface area contributed by atoms with Crippen LogP contribution < -0.4 is 5.32 Å². The highest BCUT2D eigenvalue weighted by atomic mass is 35.5. The SMILES string of the molecule is Cc1ccc(-c2nc(Cl)nc(Nc3ccc([N+](=O)[O-])cc3)n2)cc1. The molecule has 0 aliphatic carbocycles. The van der Waals surface area contributed by atoms with Crippen LogP contribution in [0.3, 0.4) is 0 Å². The van der Waals surface area contributed by atoms with E-state index < -0.39 is 4.92 Å². The van der Waals surface area contributed by atoms with Crippen molar-refractivity contribution in [2.45, 2.75) is 6.92 Å². The van der Waals surface area contributed by atoms with Crippen molar-refractivity contribution in [3.8, 4) is 11.4 Å². The van der Waals surface area contributed by atoms with Gasteiger partial charge >= 0.3 is 0 Å². The zero-order valence-electron chi connectivity index (χ0n) is 12.6. The maximum Gasteiger partial charge on any atom is 0.269 e. The van der Waals surface area contributed by atoms with Crippen LogP contribution >= 0.6 is 11.6 Å². The van der Waals surface area contributed by atoms with Gasteiger partial charge < -0.3 is 5.32 Å². The molecule has 7 nitrogen and oxygen atoms in total. The normalized spacial score (nSPS) is 10.4. The highest BCUT2D eigenvalue weighted by Crippen LogP contribution is 2.22. The molecule has 0 unspecified atom stereocenters. The van der Waals surface area contributed by atoms with Gasteiger partial charge in [-0.1, -0.05) is 29.8 Å². The number of aromatic nitrogens is 3. The fourth-order valence-corrected chi connectivity index (χ4v) is 2.19. The largest absolute Gasteiger partial charge is 0.324 e. The van der Waals surface area contributed by atoms with Gasteiger partial charge in [0.05, 0.1) is 4.92 Å². The smallest absolute Gasteiger partial charge is 0.269 e. The number of nitro groups is 1. The Morgan fingerprint density at radius 1 is 1.00 bits per heavy atom. The number of nitrogens with one attached hydrogen (secondary N) is 1. The van der Waals surface area contributed by atoms with Crippen molar-refractivity contribution in [1.29, 1.82) is 0 Å². The molecule has 0 bridgehead atoms. The van der Waals surface area contributed by atoms with E-state index in [0.717, 1.165) is 11.1 Å². The molecule has 0 spiro atoms. The van der Waals surface area contributed by atoms with Crippen LogP contribution in [-0.4, -0.2) is 19.9 Å². The lowest BCUT2D eigenvalue weighted by atomic mass is 10.1. The topological polar surface area (TPSA) is 93.8 Å². The number of anilines is 2. The number of nitro benzene ring substituents is 1. The molecule has 0 aliphatic heterocycles. The molecule has 8 heteroatoms. The lowest BCUT2D eigenvalue weighted by Gasteiger charge is -2.07. The second kappa shape index (κ2) is 6.59. The molecule has 120 valence electrons. The standard InChI is InChI=1S/C16H12ClN5O2/c1-10-2-4-11(5-3-10)14-19-15(17)21-16(20-14)18-12-6-8-13(9-7-12)22(23)24/h2-9H,1H3,(H,18,19,20,21). The third-order valence-corrected chi connectivity index (χ3v) is 3.42. The van der Waals surface area contributed by atoms with Crippen molar-refractivity contribution in [1.82, 2.24) is 15.0 Å². The van der Waals surface area contributed by atoms with E-state index in [-0.39, 0.29) is 16.9 Å². The van der Waals surface area contributed by atoms with Gasteiger partial charge in [0.25, 0.3) is 5.69 Å². The molecule has 3 rings (SSSR count). The van der Waals surface area contributed by atoms with Crippen LogP contribution in [0.4, 0.5) is 17.3 Å². The van der Waals surface area contributed by atoms with E-state index in [4.69, 9.17) is 11.6 Å². The van der Waals surface area contributed by atoms with Gasteiger partial charge in [-0.25, -0.2) is 0 Å². The Labute approximate surface area is 142 Å². The van der Waals surface area contributed by atoms with E-state index in [9.17, 15) is 10.1 Å². The van der Waals surface area contributed by atoms with Crippen LogP contribution in [0.2, 0.25) is 5.28 Å². The lowest BCUT2D eigenvalue weighted by Crippen LogP contribution is -2.01. The Kier molecular flexibility index (Phi) is 4.35. The van der Waals surface area contributed by atoms with Gasteiger partial charge in [-0.05, 0) is 30.7 Å². The molecule has 1 N–H and O–H groups in total. The summed E-state index contributed by atoms with van der Waals surface area (Å²) in [6.45, 7) is 1.99. The van der Waals surface area contributed by atoms with E-state index in [1.807, 2.05) is 31.2 Å². The number of hydrogen-bond donors (Lipinski definition) is 1. The molecule has 0 fully saturated rings. The summed E-state index contributed by atoms with van der Waals surface area (Å²) < 4.78 is 0. The third kappa shape index (κ3) is 3.64. The molecule has 1 aromatic heterocycles. The zero-order chi connectivity index (χ0) is 17.1. The van der Waals surface area contributed by atoms with Crippen LogP contribution in [0.15, 0.2) is 48.5 Å². The van der Waals surface area contributed by atoms with Gasteiger partial charge in [0, 0.05) is 23.4 Å². The van der Waals surface area contributed by atoms with E-state index in [1.54, 1.807) is 12.1 Å². The van der Waals surface area contributed by atoms with Gasteiger partial charge in [-0.2, -0.15) is 15.0 Å². The zero-order valence-corrected chi connectivity index (χ0v) is 13.4. The Morgan fingerprint density at radius 3 is 2.29 bits per heavy atom. The Balaban J connectivity index is 1.88. The summed E-state index contributed by atoms with van der Waals surface area (Å²) in [5.41, 5.74) is 2.56. The molecule has 24 heavy (non-hydrogen) atoms. The monoisotopic (exact) mass is 341 g/mol.